The highest BCUT2D eigenvalue weighted by atomic mass is 32.1. The molecular formula is C18H12F3N7O3S. The highest BCUT2D eigenvalue weighted by Gasteiger charge is 2.32. The van der Waals surface area contributed by atoms with Gasteiger partial charge in [0.25, 0.3) is 11.5 Å². The van der Waals surface area contributed by atoms with E-state index in [1.807, 2.05) is 0 Å². The van der Waals surface area contributed by atoms with E-state index in [-0.39, 0.29) is 41.0 Å². The van der Waals surface area contributed by atoms with E-state index in [0.717, 1.165) is 34.1 Å². The lowest BCUT2D eigenvalue weighted by Crippen LogP contribution is -2.53. The first-order valence-corrected chi connectivity index (χ1v) is 9.98. The van der Waals surface area contributed by atoms with Crippen LogP contribution in [-0.4, -0.2) is 64.9 Å². The lowest BCUT2D eigenvalue weighted by Gasteiger charge is -2.34. The quantitative estimate of drug-likeness (QED) is 0.470. The number of pyridine rings is 1. The van der Waals surface area contributed by atoms with Gasteiger partial charge in [0, 0.05) is 31.5 Å². The van der Waals surface area contributed by atoms with Gasteiger partial charge in [-0.1, -0.05) is 11.3 Å². The Hall–Kier alpha value is -3.65. The summed E-state index contributed by atoms with van der Waals surface area (Å²) in [7, 11) is 0. The van der Waals surface area contributed by atoms with Gasteiger partial charge in [-0.2, -0.15) is 13.2 Å². The molecule has 10 nitrogen and oxygen atoms in total. The molecule has 1 amide bonds. The number of H-pyrrole nitrogens is 1. The Morgan fingerprint density at radius 3 is 2.66 bits per heavy atom. The molecule has 1 saturated heterocycles. The van der Waals surface area contributed by atoms with Gasteiger partial charge in [0.1, 0.15) is 0 Å². The van der Waals surface area contributed by atoms with Gasteiger partial charge in [-0.15, -0.1) is 10.2 Å². The molecule has 5 heterocycles. The Labute approximate surface area is 180 Å². The number of hydrogen-bond acceptors (Lipinski definition) is 8. The lowest BCUT2D eigenvalue weighted by atomic mass is 10.2. The second-order valence-corrected chi connectivity index (χ2v) is 8.01. The summed E-state index contributed by atoms with van der Waals surface area (Å²) in [6, 6.07) is 3.14. The molecule has 0 aromatic carbocycles. The van der Waals surface area contributed by atoms with E-state index in [1.54, 1.807) is 0 Å². The minimum atomic E-state index is -4.53. The van der Waals surface area contributed by atoms with Crippen molar-refractivity contribution in [3.63, 3.8) is 0 Å². The van der Waals surface area contributed by atoms with Gasteiger partial charge in [0.2, 0.25) is 5.01 Å². The van der Waals surface area contributed by atoms with Gasteiger partial charge in [-0.3, -0.25) is 19.7 Å². The summed E-state index contributed by atoms with van der Waals surface area (Å²) < 4.78 is 39.5. The summed E-state index contributed by atoms with van der Waals surface area (Å²) in [5, 5.41) is 20.4. The fourth-order valence-corrected chi connectivity index (χ4v) is 3.98. The molecule has 0 atom stereocenters. The van der Waals surface area contributed by atoms with Gasteiger partial charge < -0.3 is 10.0 Å². The molecule has 0 aliphatic carbocycles. The third kappa shape index (κ3) is 3.42. The maximum absolute atomic E-state index is 12.8. The van der Waals surface area contributed by atoms with Crippen LogP contribution in [-0.2, 0) is 6.18 Å². The van der Waals surface area contributed by atoms with Gasteiger partial charge in [0.05, 0.1) is 28.6 Å². The van der Waals surface area contributed by atoms with Crippen LogP contribution in [0.2, 0.25) is 0 Å². The number of aliphatic hydroxyl groups is 1. The number of aromatic nitrogens is 6. The van der Waals surface area contributed by atoms with Crippen LogP contribution in [0.1, 0.15) is 15.4 Å². The molecule has 32 heavy (non-hydrogen) atoms. The lowest BCUT2D eigenvalue weighted by molar-refractivity contribution is -0.137. The summed E-state index contributed by atoms with van der Waals surface area (Å²) >= 11 is 0.994. The van der Waals surface area contributed by atoms with E-state index in [1.165, 1.54) is 11.1 Å². The molecule has 1 aliphatic heterocycles. The first-order chi connectivity index (χ1) is 15.2. The summed E-state index contributed by atoms with van der Waals surface area (Å²) in [6.45, 7) is 0.447. The number of nitrogens with one attached hydrogen (secondary N) is 1. The summed E-state index contributed by atoms with van der Waals surface area (Å²) in [5.41, 5.74) is -0.704. The predicted molar refractivity (Wildman–Crippen MR) is 105 cm³/mol. The zero-order chi connectivity index (χ0) is 22.6. The third-order valence-electron chi connectivity index (χ3n) is 4.84. The Morgan fingerprint density at radius 1 is 1.22 bits per heavy atom. The molecule has 1 fully saturated rings. The molecule has 0 spiro atoms. The average Bonchev–Trinajstić information content (AvgIpc) is 3.37. The van der Waals surface area contributed by atoms with Crippen molar-refractivity contribution in [2.45, 2.75) is 12.3 Å². The van der Waals surface area contributed by atoms with Gasteiger partial charge in [-0.05, 0) is 12.1 Å². The minimum absolute atomic E-state index is 0.0833. The number of nitrogens with zero attached hydrogens (tertiary/aromatic N) is 6. The van der Waals surface area contributed by atoms with Crippen LogP contribution in [0.3, 0.4) is 0 Å². The average molecular weight is 463 g/mol. The summed E-state index contributed by atoms with van der Waals surface area (Å²) in [4.78, 5) is 34.4. The zero-order valence-corrected chi connectivity index (χ0v) is 16.7. The van der Waals surface area contributed by atoms with Crippen molar-refractivity contribution in [2.75, 3.05) is 13.1 Å². The molecule has 2 N–H and O–H groups in total. The number of aromatic amines is 1. The van der Waals surface area contributed by atoms with Crippen molar-refractivity contribution >= 4 is 22.9 Å². The SMILES string of the molecule is O=C(c1nnc(-c2c[nH]n3c(=O)cc(-c4ccc(C(F)(F)F)cn4)nc23)s1)N1CC(O)C1. The zero-order valence-electron chi connectivity index (χ0n) is 15.9. The van der Waals surface area contributed by atoms with Crippen molar-refractivity contribution < 1.29 is 23.1 Å². The maximum atomic E-state index is 12.8. The first-order valence-electron chi connectivity index (χ1n) is 9.17. The number of rotatable bonds is 3. The number of hydrogen-bond donors (Lipinski definition) is 2. The Kier molecular flexibility index (Phi) is 4.56. The fraction of sp³-hybridized carbons (Fsp3) is 0.222. The van der Waals surface area contributed by atoms with E-state index in [4.69, 9.17) is 0 Å². The standard InChI is InChI=1S/C18H12F3N7O3S/c19-18(20,21)8-1-2-11(22-4-8)12-3-13(30)28-14(24-12)10(5-23-28)15-25-26-16(32-15)17(31)27-6-9(29)7-27/h1-5,9,23,29H,6-7H2. The number of aliphatic hydroxyl groups excluding tert-OH is 1. The smallest absolute Gasteiger partial charge is 0.389 e. The number of fused-ring (bicyclic) bond motifs is 1. The van der Waals surface area contributed by atoms with Gasteiger partial charge in [0.15, 0.2) is 10.7 Å². The molecule has 4 aromatic rings. The van der Waals surface area contributed by atoms with Crippen LogP contribution in [0, 0.1) is 0 Å². The van der Waals surface area contributed by atoms with E-state index in [9.17, 15) is 27.9 Å². The number of alkyl halides is 3. The third-order valence-corrected chi connectivity index (χ3v) is 5.78. The van der Waals surface area contributed by atoms with Crippen molar-refractivity contribution in [2.24, 2.45) is 0 Å². The second-order valence-electron chi connectivity index (χ2n) is 7.03. The van der Waals surface area contributed by atoms with Gasteiger partial charge in [-0.25, -0.2) is 9.50 Å². The molecular weight excluding hydrogens is 451 g/mol. The van der Waals surface area contributed by atoms with Crippen molar-refractivity contribution in [1.29, 1.82) is 0 Å². The molecule has 1 aliphatic rings. The van der Waals surface area contributed by atoms with E-state index in [2.05, 4.69) is 25.3 Å². The van der Waals surface area contributed by atoms with Crippen molar-refractivity contribution in [3.8, 4) is 22.0 Å². The first kappa shape index (κ1) is 20.3. The van der Waals surface area contributed by atoms with E-state index in [0.29, 0.717) is 16.8 Å². The Balaban J connectivity index is 1.51. The Bertz CT molecular complexity index is 1390. The molecule has 0 unspecified atom stereocenters. The van der Waals surface area contributed by atoms with Crippen LogP contribution in [0.4, 0.5) is 13.2 Å². The number of likely N-dealkylation sites (tertiary alicyclic amines) is 1. The van der Waals surface area contributed by atoms with E-state index >= 15 is 0 Å². The van der Waals surface area contributed by atoms with Crippen molar-refractivity contribution in [1.82, 2.24) is 34.7 Å². The molecule has 4 aromatic heterocycles. The molecule has 164 valence electrons. The highest BCUT2D eigenvalue weighted by molar-refractivity contribution is 7.16. The normalized spacial score (nSPS) is 14.7. The van der Waals surface area contributed by atoms with Crippen LogP contribution in [0.5, 0.6) is 0 Å². The van der Waals surface area contributed by atoms with Crippen LogP contribution in [0.15, 0.2) is 35.4 Å². The number of amides is 1. The van der Waals surface area contributed by atoms with Crippen LogP contribution < -0.4 is 5.56 Å². The number of halogens is 3. The maximum Gasteiger partial charge on any atom is 0.417 e. The molecule has 0 bridgehead atoms. The number of β-amino-alcohol motifs (C(OH)–C–C–N with tert-alkyl or cyclic N) is 1. The monoisotopic (exact) mass is 463 g/mol. The van der Waals surface area contributed by atoms with Crippen LogP contribution >= 0.6 is 11.3 Å². The molecule has 14 heteroatoms. The molecule has 0 saturated carbocycles. The topological polar surface area (TPSA) is 129 Å². The summed E-state index contributed by atoms with van der Waals surface area (Å²) in [6.07, 6.45) is -2.94. The van der Waals surface area contributed by atoms with Crippen molar-refractivity contribution in [3.05, 3.63) is 51.5 Å². The minimum Gasteiger partial charge on any atom is -0.389 e. The van der Waals surface area contributed by atoms with E-state index < -0.39 is 23.4 Å². The predicted octanol–water partition coefficient (Wildman–Crippen LogP) is 1.44. The van der Waals surface area contributed by atoms with Gasteiger partial charge >= 0.3 is 6.18 Å². The molecule has 0 radical (unpaired) electrons. The van der Waals surface area contributed by atoms with Crippen LogP contribution in [0.25, 0.3) is 27.6 Å². The summed E-state index contributed by atoms with van der Waals surface area (Å²) in [5.74, 6) is -0.362. The Morgan fingerprint density at radius 2 is 2.00 bits per heavy atom. The second kappa shape index (κ2) is 7.20. The largest absolute Gasteiger partial charge is 0.417 e. The number of carbonyl (C=O) groups excluding carboxylic acids is 1. The number of carbonyl (C=O) groups is 1. The highest BCUT2D eigenvalue weighted by Crippen LogP contribution is 2.30. The molecule has 5 rings (SSSR count). The fourth-order valence-electron chi connectivity index (χ4n) is 3.16.